The van der Waals surface area contributed by atoms with Crippen LogP contribution in [0.25, 0.3) is 0 Å². The number of rotatable bonds is 3. The molecular weight excluding hydrogens is 317 g/mol. The molecule has 1 aromatic rings. The second-order valence-corrected chi connectivity index (χ2v) is 5.48. The van der Waals surface area contributed by atoms with E-state index in [1.165, 1.54) is 6.07 Å². The summed E-state index contributed by atoms with van der Waals surface area (Å²) in [5, 5.41) is 9.45. The van der Waals surface area contributed by atoms with E-state index in [1.807, 2.05) is 0 Å². The summed E-state index contributed by atoms with van der Waals surface area (Å²) >= 11 is 9.90. The van der Waals surface area contributed by atoms with Gasteiger partial charge >= 0.3 is 6.18 Å². The van der Waals surface area contributed by atoms with Crippen molar-refractivity contribution in [2.45, 2.75) is 25.1 Å². The van der Waals surface area contributed by atoms with Crippen LogP contribution in [-0.4, -0.2) is 11.3 Å². The van der Waals surface area contributed by atoms with Crippen LogP contribution in [0.15, 0.2) is 10.5 Å². The summed E-state index contributed by atoms with van der Waals surface area (Å²) in [7, 11) is 0. The maximum atomic E-state index is 11.9. The van der Waals surface area contributed by atoms with Crippen LogP contribution in [0, 0.1) is 0 Å². The molecule has 86 valence electrons. The fraction of sp³-hybridized carbons (Fsp3) is 0.500. The standard InChI is InChI=1S/C8H7BrClF3OS/c9-4-3-6(15-7(4)10)5(14)1-2-8(11,12)13/h3,5,14H,1-2H2. The number of aliphatic hydroxyl groups is 1. The fourth-order valence-electron chi connectivity index (χ4n) is 0.970. The molecule has 0 aromatic carbocycles. The summed E-state index contributed by atoms with van der Waals surface area (Å²) in [6, 6.07) is 1.54. The highest BCUT2D eigenvalue weighted by atomic mass is 79.9. The molecule has 0 aliphatic carbocycles. The molecular formula is C8H7BrClF3OS. The topological polar surface area (TPSA) is 20.2 Å². The van der Waals surface area contributed by atoms with Crippen LogP contribution in [-0.2, 0) is 0 Å². The fourth-order valence-corrected chi connectivity index (χ4v) is 2.73. The first-order valence-corrected chi connectivity index (χ1v) is 5.98. The smallest absolute Gasteiger partial charge is 0.388 e. The highest BCUT2D eigenvalue weighted by Crippen LogP contribution is 2.37. The predicted molar refractivity (Wildman–Crippen MR) is 57.3 cm³/mol. The van der Waals surface area contributed by atoms with Gasteiger partial charge in [0.15, 0.2) is 0 Å². The Balaban J connectivity index is 2.58. The van der Waals surface area contributed by atoms with Gasteiger partial charge in [0, 0.05) is 15.8 Å². The number of alkyl halides is 3. The predicted octanol–water partition coefficient (Wildman–Crippen LogP) is 4.54. The Labute approximate surface area is 102 Å². The van der Waals surface area contributed by atoms with Gasteiger partial charge in [-0.2, -0.15) is 13.2 Å². The summed E-state index contributed by atoms with van der Waals surface area (Å²) in [5.41, 5.74) is 0. The summed E-state index contributed by atoms with van der Waals surface area (Å²) in [5.74, 6) is 0. The highest BCUT2D eigenvalue weighted by Gasteiger charge is 2.28. The molecule has 1 rings (SSSR count). The van der Waals surface area contributed by atoms with Crippen LogP contribution in [0.4, 0.5) is 13.2 Å². The molecule has 15 heavy (non-hydrogen) atoms. The minimum atomic E-state index is -4.24. The second kappa shape index (κ2) is 5.03. The number of hydrogen-bond acceptors (Lipinski definition) is 2. The summed E-state index contributed by atoms with van der Waals surface area (Å²) in [6.45, 7) is 0. The zero-order chi connectivity index (χ0) is 11.6. The van der Waals surface area contributed by atoms with E-state index in [4.69, 9.17) is 11.6 Å². The van der Waals surface area contributed by atoms with Gasteiger partial charge in [0.2, 0.25) is 0 Å². The van der Waals surface area contributed by atoms with Gasteiger partial charge in [-0.1, -0.05) is 11.6 Å². The third-order valence-electron chi connectivity index (χ3n) is 1.69. The molecule has 7 heteroatoms. The number of hydrogen-bond donors (Lipinski definition) is 1. The molecule has 1 N–H and O–H groups in total. The van der Waals surface area contributed by atoms with Crippen molar-refractivity contribution in [3.8, 4) is 0 Å². The lowest BCUT2D eigenvalue weighted by molar-refractivity contribution is -0.140. The van der Waals surface area contributed by atoms with Gasteiger partial charge in [0.05, 0.1) is 6.10 Å². The van der Waals surface area contributed by atoms with E-state index in [0.29, 0.717) is 13.7 Å². The number of aliphatic hydroxyl groups excluding tert-OH is 1. The molecule has 1 nitrogen and oxygen atoms in total. The van der Waals surface area contributed by atoms with Crippen molar-refractivity contribution in [3.05, 3.63) is 19.8 Å². The van der Waals surface area contributed by atoms with Gasteiger partial charge in [0.25, 0.3) is 0 Å². The van der Waals surface area contributed by atoms with E-state index in [-0.39, 0.29) is 6.42 Å². The average Bonchev–Trinajstić information content (AvgIpc) is 2.42. The highest BCUT2D eigenvalue weighted by molar-refractivity contribution is 9.10. The Bertz CT molecular complexity index is 320. The average molecular weight is 324 g/mol. The summed E-state index contributed by atoms with van der Waals surface area (Å²) in [4.78, 5) is 0.441. The summed E-state index contributed by atoms with van der Waals surface area (Å²) < 4.78 is 36.6. The van der Waals surface area contributed by atoms with Gasteiger partial charge in [-0.25, -0.2) is 0 Å². The molecule has 0 aliphatic rings. The van der Waals surface area contributed by atoms with E-state index in [0.717, 1.165) is 11.3 Å². The van der Waals surface area contributed by atoms with Crippen molar-refractivity contribution in [1.29, 1.82) is 0 Å². The van der Waals surface area contributed by atoms with Gasteiger partial charge in [-0.3, -0.25) is 0 Å². The SMILES string of the molecule is OC(CCC(F)(F)F)c1cc(Br)c(Cl)s1. The van der Waals surface area contributed by atoms with E-state index in [2.05, 4.69) is 15.9 Å². The zero-order valence-corrected chi connectivity index (χ0v) is 10.5. The Morgan fingerprint density at radius 3 is 2.53 bits per heavy atom. The molecule has 0 aliphatic heterocycles. The molecule has 1 atom stereocenters. The number of halogens is 5. The molecule has 0 amide bonds. The lowest BCUT2D eigenvalue weighted by atomic mass is 10.1. The minimum Gasteiger partial charge on any atom is -0.388 e. The Morgan fingerprint density at radius 1 is 1.53 bits per heavy atom. The van der Waals surface area contributed by atoms with Crippen molar-refractivity contribution in [2.24, 2.45) is 0 Å². The lowest BCUT2D eigenvalue weighted by Crippen LogP contribution is -2.09. The molecule has 0 fully saturated rings. The monoisotopic (exact) mass is 322 g/mol. The van der Waals surface area contributed by atoms with Gasteiger partial charge in [-0.05, 0) is 28.4 Å². The van der Waals surface area contributed by atoms with Gasteiger partial charge in [-0.15, -0.1) is 11.3 Å². The van der Waals surface area contributed by atoms with Crippen LogP contribution in [0.1, 0.15) is 23.8 Å². The van der Waals surface area contributed by atoms with Crippen LogP contribution >= 0.6 is 38.9 Å². The first kappa shape index (κ1) is 13.3. The molecule has 0 bridgehead atoms. The maximum Gasteiger partial charge on any atom is 0.389 e. The van der Waals surface area contributed by atoms with Crippen molar-refractivity contribution in [1.82, 2.24) is 0 Å². The van der Waals surface area contributed by atoms with E-state index in [9.17, 15) is 18.3 Å². The third kappa shape index (κ3) is 4.30. The third-order valence-corrected chi connectivity index (χ3v) is 4.27. The molecule has 1 heterocycles. The number of thiophene rings is 1. The van der Waals surface area contributed by atoms with Crippen LogP contribution in [0.5, 0.6) is 0 Å². The molecule has 1 unspecified atom stereocenters. The van der Waals surface area contributed by atoms with Crippen molar-refractivity contribution in [2.75, 3.05) is 0 Å². The molecule has 0 saturated heterocycles. The second-order valence-electron chi connectivity index (χ2n) is 2.94. The van der Waals surface area contributed by atoms with Crippen molar-refractivity contribution < 1.29 is 18.3 Å². The molecule has 1 aromatic heterocycles. The van der Waals surface area contributed by atoms with Gasteiger partial charge < -0.3 is 5.11 Å². The first-order valence-electron chi connectivity index (χ1n) is 3.99. The van der Waals surface area contributed by atoms with Gasteiger partial charge in [0.1, 0.15) is 4.34 Å². The van der Waals surface area contributed by atoms with E-state index in [1.54, 1.807) is 0 Å². The lowest BCUT2D eigenvalue weighted by Gasteiger charge is -2.10. The Kier molecular flexibility index (Phi) is 4.46. The maximum absolute atomic E-state index is 11.9. The van der Waals surface area contributed by atoms with Crippen molar-refractivity contribution >= 4 is 38.9 Å². The molecule has 0 saturated carbocycles. The molecule has 0 spiro atoms. The zero-order valence-electron chi connectivity index (χ0n) is 7.31. The van der Waals surface area contributed by atoms with E-state index < -0.39 is 18.7 Å². The first-order chi connectivity index (χ1) is 6.79. The Morgan fingerprint density at radius 2 is 2.13 bits per heavy atom. The van der Waals surface area contributed by atoms with Crippen LogP contribution < -0.4 is 0 Å². The Hall–Kier alpha value is 0.220. The molecule has 0 radical (unpaired) electrons. The van der Waals surface area contributed by atoms with Crippen LogP contribution in [0.3, 0.4) is 0 Å². The quantitative estimate of drug-likeness (QED) is 0.866. The normalized spacial score (nSPS) is 14.3. The summed E-state index contributed by atoms with van der Waals surface area (Å²) in [6.07, 6.45) is -6.69. The van der Waals surface area contributed by atoms with Crippen molar-refractivity contribution in [3.63, 3.8) is 0 Å². The minimum absolute atomic E-state index is 0.340. The largest absolute Gasteiger partial charge is 0.389 e. The van der Waals surface area contributed by atoms with E-state index >= 15 is 0 Å². The van der Waals surface area contributed by atoms with Crippen LogP contribution in [0.2, 0.25) is 4.34 Å².